The number of rotatable bonds is 5. The van der Waals surface area contributed by atoms with Gasteiger partial charge in [0.2, 0.25) is 0 Å². The highest BCUT2D eigenvalue weighted by molar-refractivity contribution is 6.10. The van der Waals surface area contributed by atoms with Crippen LogP contribution in [0.5, 0.6) is 11.5 Å². The zero-order valence-corrected chi connectivity index (χ0v) is 11.4. The summed E-state index contributed by atoms with van der Waals surface area (Å²) in [4.78, 5) is 16.5. The molecule has 0 aromatic heterocycles. The van der Waals surface area contributed by atoms with Gasteiger partial charge in [0.05, 0.1) is 32.7 Å². The number of hydrogen-bond acceptors (Lipinski definition) is 5. The van der Waals surface area contributed by atoms with Crippen LogP contribution in [0.25, 0.3) is 0 Å². The van der Waals surface area contributed by atoms with Crippen LogP contribution in [0.3, 0.4) is 0 Å². The second-order valence-corrected chi connectivity index (χ2v) is 4.38. The second kappa shape index (κ2) is 5.73. The summed E-state index contributed by atoms with van der Waals surface area (Å²) < 4.78 is 10.5. The number of carbonyl (C=O) groups excluding carboxylic acids is 1. The van der Waals surface area contributed by atoms with Gasteiger partial charge < -0.3 is 14.8 Å². The summed E-state index contributed by atoms with van der Waals surface area (Å²) in [5, 5.41) is 3.09. The van der Waals surface area contributed by atoms with E-state index in [1.54, 1.807) is 20.3 Å². The van der Waals surface area contributed by atoms with Gasteiger partial charge in [-0.25, -0.2) is 0 Å². The molecule has 1 aromatic carbocycles. The first-order chi connectivity index (χ1) is 9.15. The summed E-state index contributed by atoms with van der Waals surface area (Å²) >= 11 is 0. The quantitative estimate of drug-likeness (QED) is 0.819. The van der Waals surface area contributed by atoms with Gasteiger partial charge in [0, 0.05) is 6.54 Å². The van der Waals surface area contributed by atoms with Crippen LogP contribution in [0.1, 0.15) is 22.3 Å². The number of methoxy groups -OCH3 is 2. The first-order valence-electron chi connectivity index (χ1n) is 6.18. The number of hydrogen-bond donors (Lipinski definition) is 1. The predicted octanol–water partition coefficient (Wildman–Crippen LogP) is 1.59. The van der Waals surface area contributed by atoms with E-state index < -0.39 is 0 Å². The first-order valence-corrected chi connectivity index (χ1v) is 6.18. The molecule has 1 heterocycles. The maximum absolute atomic E-state index is 12.3. The number of nitrogens with zero attached hydrogens (tertiary/aromatic N) is 1. The Labute approximate surface area is 112 Å². The number of nitrogens with one attached hydrogen (secondary N) is 1. The highest BCUT2D eigenvalue weighted by Gasteiger charge is 2.18. The zero-order chi connectivity index (χ0) is 13.8. The smallest absolute Gasteiger partial charge is 0.174 e. The maximum Gasteiger partial charge on any atom is 0.174 e. The van der Waals surface area contributed by atoms with Crippen molar-refractivity contribution in [2.45, 2.75) is 13.3 Å². The Morgan fingerprint density at radius 3 is 2.63 bits per heavy atom. The zero-order valence-electron chi connectivity index (χ0n) is 11.4. The summed E-state index contributed by atoms with van der Waals surface area (Å²) in [5.74, 6) is 1.97. The van der Waals surface area contributed by atoms with Crippen molar-refractivity contribution < 1.29 is 14.3 Å². The number of aliphatic imine (C=N–C) groups is 1. The molecule has 0 atom stereocenters. The van der Waals surface area contributed by atoms with Crippen molar-refractivity contribution in [1.82, 2.24) is 5.32 Å². The van der Waals surface area contributed by atoms with Gasteiger partial charge in [-0.05, 0) is 24.6 Å². The summed E-state index contributed by atoms with van der Waals surface area (Å²) in [6.07, 6.45) is 0.266. The molecule has 2 rings (SSSR count). The largest absolute Gasteiger partial charge is 0.496 e. The standard InChI is InChI=1S/C14H18N2O3/c1-9-6-13(19-3)10(7-12(9)18-2)11(17)8-14-15-4-5-16-14/h6-7H,4-5,8H2,1-3H3,(H,15,16). The van der Waals surface area contributed by atoms with E-state index in [0.717, 1.165) is 24.5 Å². The fourth-order valence-electron chi connectivity index (χ4n) is 2.08. The lowest BCUT2D eigenvalue weighted by atomic mass is 10.0. The fraction of sp³-hybridized carbons (Fsp3) is 0.429. The van der Waals surface area contributed by atoms with Crippen LogP contribution < -0.4 is 14.8 Å². The van der Waals surface area contributed by atoms with E-state index in [0.29, 0.717) is 17.1 Å². The van der Waals surface area contributed by atoms with Gasteiger partial charge >= 0.3 is 0 Å². The summed E-state index contributed by atoms with van der Waals surface area (Å²) in [6.45, 7) is 3.45. The molecule has 0 saturated heterocycles. The molecule has 5 heteroatoms. The molecule has 1 aromatic rings. The Kier molecular flexibility index (Phi) is 4.04. The summed E-state index contributed by atoms with van der Waals surface area (Å²) in [5.41, 5.74) is 1.47. The minimum absolute atomic E-state index is 0.0247. The fourth-order valence-corrected chi connectivity index (χ4v) is 2.08. The highest BCUT2D eigenvalue weighted by atomic mass is 16.5. The monoisotopic (exact) mass is 262 g/mol. The van der Waals surface area contributed by atoms with Crippen molar-refractivity contribution >= 4 is 11.6 Å². The number of amidine groups is 1. The van der Waals surface area contributed by atoms with Crippen molar-refractivity contribution in [3.05, 3.63) is 23.3 Å². The van der Waals surface area contributed by atoms with E-state index in [-0.39, 0.29) is 12.2 Å². The Bertz CT molecular complexity index is 524. The maximum atomic E-state index is 12.3. The topological polar surface area (TPSA) is 59.9 Å². The Morgan fingerprint density at radius 1 is 1.32 bits per heavy atom. The third-order valence-electron chi connectivity index (χ3n) is 3.09. The van der Waals surface area contributed by atoms with E-state index >= 15 is 0 Å². The molecule has 0 amide bonds. The number of carbonyl (C=O) groups is 1. The SMILES string of the molecule is COc1cc(C(=O)CC2=NCCN2)c(OC)cc1C. The van der Waals surface area contributed by atoms with Crippen molar-refractivity contribution in [3.8, 4) is 11.5 Å². The van der Waals surface area contributed by atoms with Crippen LogP contribution in [0, 0.1) is 6.92 Å². The molecule has 1 N–H and O–H groups in total. The molecule has 1 aliphatic heterocycles. The molecule has 0 fully saturated rings. The van der Waals surface area contributed by atoms with Crippen molar-refractivity contribution in [2.24, 2.45) is 4.99 Å². The van der Waals surface area contributed by atoms with Gasteiger partial charge in [0.25, 0.3) is 0 Å². The molecule has 5 nitrogen and oxygen atoms in total. The van der Waals surface area contributed by atoms with Crippen molar-refractivity contribution in [1.29, 1.82) is 0 Å². The summed E-state index contributed by atoms with van der Waals surface area (Å²) in [6, 6.07) is 3.54. The molecule has 0 spiro atoms. The third-order valence-corrected chi connectivity index (χ3v) is 3.09. The van der Waals surface area contributed by atoms with Gasteiger partial charge in [-0.15, -0.1) is 0 Å². The van der Waals surface area contributed by atoms with Gasteiger partial charge in [-0.1, -0.05) is 0 Å². The molecule has 0 radical (unpaired) electrons. The molecule has 0 aliphatic carbocycles. The van der Waals surface area contributed by atoms with E-state index in [2.05, 4.69) is 10.3 Å². The van der Waals surface area contributed by atoms with E-state index in [1.807, 2.05) is 13.0 Å². The van der Waals surface area contributed by atoms with E-state index in [1.165, 1.54) is 0 Å². The number of ether oxygens (including phenoxy) is 2. The number of ketones is 1. The predicted molar refractivity (Wildman–Crippen MR) is 73.5 cm³/mol. The number of Topliss-reactive ketones (excluding diaryl/α,β-unsaturated/α-hetero) is 1. The van der Waals surface area contributed by atoms with Gasteiger partial charge in [-0.2, -0.15) is 0 Å². The van der Waals surface area contributed by atoms with Gasteiger partial charge in [0.15, 0.2) is 5.78 Å². The average Bonchev–Trinajstić information content (AvgIpc) is 2.91. The Hall–Kier alpha value is -2.04. The average molecular weight is 262 g/mol. The highest BCUT2D eigenvalue weighted by Crippen LogP contribution is 2.29. The van der Waals surface area contributed by atoms with Crippen LogP contribution in [0.4, 0.5) is 0 Å². The van der Waals surface area contributed by atoms with Crippen LogP contribution in [-0.4, -0.2) is 38.9 Å². The number of aryl methyl sites for hydroxylation is 1. The molecule has 0 unspecified atom stereocenters. The first kappa shape index (κ1) is 13.4. The second-order valence-electron chi connectivity index (χ2n) is 4.38. The Morgan fingerprint density at radius 2 is 2.05 bits per heavy atom. The van der Waals surface area contributed by atoms with E-state index in [4.69, 9.17) is 9.47 Å². The molecular formula is C14H18N2O3. The van der Waals surface area contributed by atoms with Gasteiger partial charge in [0.1, 0.15) is 17.3 Å². The Balaban J connectivity index is 2.28. The molecule has 0 bridgehead atoms. The van der Waals surface area contributed by atoms with Gasteiger partial charge in [-0.3, -0.25) is 9.79 Å². The minimum Gasteiger partial charge on any atom is -0.496 e. The van der Waals surface area contributed by atoms with Crippen LogP contribution >= 0.6 is 0 Å². The normalized spacial score (nSPS) is 13.7. The van der Waals surface area contributed by atoms with Crippen LogP contribution in [0.15, 0.2) is 17.1 Å². The molecule has 19 heavy (non-hydrogen) atoms. The van der Waals surface area contributed by atoms with Crippen LogP contribution in [0.2, 0.25) is 0 Å². The molecular weight excluding hydrogens is 244 g/mol. The number of benzene rings is 1. The molecule has 0 saturated carbocycles. The van der Waals surface area contributed by atoms with Crippen LogP contribution in [-0.2, 0) is 0 Å². The lowest BCUT2D eigenvalue weighted by Crippen LogP contribution is -2.22. The van der Waals surface area contributed by atoms with Crippen molar-refractivity contribution in [3.63, 3.8) is 0 Å². The third kappa shape index (κ3) is 2.86. The summed E-state index contributed by atoms with van der Waals surface area (Å²) in [7, 11) is 3.15. The lowest BCUT2D eigenvalue weighted by Gasteiger charge is -2.12. The minimum atomic E-state index is -0.0247. The molecule has 1 aliphatic rings. The lowest BCUT2D eigenvalue weighted by molar-refractivity contribution is 0.0996. The van der Waals surface area contributed by atoms with Crippen molar-refractivity contribution in [2.75, 3.05) is 27.3 Å². The van der Waals surface area contributed by atoms with E-state index in [9.17, 15) is 4.79 Å². The molecule has 102 valence electrons.